The lowest BCUT2D eigenvalue weighted by Crippen LogP contribution is -2.11. The molecule has 0 radical (unpaired) electrons. The Labute approximate surface area is 174 Å². The Morgan fingerprint density at radius 3 is 1.27 bits per heavy atom. The number of rotatable bonds is 5. The van der Waals surface area contributed by atoms with Crippen molar-refractivity contribution in [2.24, 2.45) is 0 Å². The first-order valence-electron chi connectivity index (χ1n) is 8.91. The number of nitrogens with zero attached hydrogens (tertiary/aromatic N) is 4. The van der Waals surface area contributed by atoms with Gasteiger partial charge in [0.15, 0.2) is 0 Å². The van der Waals surface area contributed by atoms with E-state index in [1.807, 2.05) is 13.8 Å². The molecular formula is C20H18N4O4S2. The molecule has 0 saturated heterocycles. The Kier molecular flexibility index (Phi) is 4.83. The van der Waals surface area contributed by atoms with Gasteiger partial charge < -0.3 is 0 Å². The SMILES string of the molecule is Cc1ccc(S(=O)(=O)n2cnc(-c3cn(S(=O)(=O)c4ccc(C)cc4)cn3)c2)cc1. The summed E-state index contributed by atoms with van der Waals surface area (Å²) in [6.45, 7) is 3.74. The minimum Gasteiger partial charge on any atom is -0.234 e. The van der Waals surface area contributed by atoms with Crippen molar-refractivity contribution in [3.8, 4) is 11.4 Å². The summed E-state index contributed by atoms with van der Waals surface area (Å²) in [5, 5.41) is 0. The van der Waals surface area contributed by atoms with Gasteiger partial charge in [-0.05, 0) is 38.1 Å². The lowest BCUT2D eigenvalue weighted by atomic mass is 10.2. The molecule has 0 saturated carbocycles. The largest absolute Gasteiger partial charge is 0.268 e. The van der Waals surface area contributed by atoms with Crippen molar-refractivity contribution < 1.29 is 16.8 Å². The van der Waals surface area contributed by atoms with Crippen LogP contribution in [-0.4, -0.2) is 34.7 Å². The lowest BCUT2D eigenvalue weighted by molar-refractivity contribution is 0.585. The van der Waals surface area contributed by atoms with Crippen molar-refractivity contribution in [1.29, 1.82) is 0 Å². The zero-order valence-corrected chi connectivity index (χ0v) is 17.8. The van der Waals surface area contributed by atoms with Gasteiger partial charge in [0.05, 0.1) is 22.2 Å². The molecule has 8 nitrogen and oxygen atoms in total. The summed E-state index contributed by atoms with van der Waals surface area (Å²) in [7, 11) is -7.62. The summed E-state index contributed by atoms with van der Waals surface area (Å²) in [5.41, 5.74) is 2.37. The van der Waals surface area contributed by atoms with E-state index in [4.69, 9.17) is 0 Å². The molecule has 0 N–H and O–H groups in total. The van der Waals surface area contributed by atoms with Crippen LogP contribution in [0.25, 0.3) is 11.4 Å². The molecule has 0 spiro atoms. The van der Waals surface area contributed by atoms with Gasteiger partial charge in [0.1, 0.15) is 24.0 Å². The Bertz CT molecular complexity index is 1300. The van der Waals surface area contributed by atoms with Crippen molar-refractivity contribution in [2.45, 2.75) is 23.6 Å². The van der Waals surface area contributed by atoms with Gasteiger partial charge in [0.2, 0.25) is 0 Å². The van der Waals surface area contributed by atoms with Crippen molar-refractivity contribution in [2.75, 3.05) is 0 Å². The van der Waals surface area contributed by atoms with Crippen LogP contribution in [0.15, 0.2) is 83.4 Å². The van der Waals surface area contributed by atoms with Crippen LogP contribution < -0.4 is 0 Å². The van der Waals surface area contributed by atoms with Crippen LogP contribution in [0.2, 0.25) is 0 Å². The van der Waals surface area contributed by atoms with E-state index in [1.54, 1.807) is 24.3 Å². The number of aromatic nitrogens is 4. The van der Waals surface area contributed by atoms with Crippen LogP contribution in [0.4, 0.5) is 0 Å². The van der Waals surface area contributed by atoms with E-state index in [-0.39, 0.29) is 21.2 Å². The van der Waals surface area contributed by atoms with Crippen molar-refractivity contribution in [1.82, 2.24) is 17.9 Å². The monoisotopic (exact) mass is 442 g/mol. The normalized spacial score (nSPS) is 12.2. The summed E-state index contributed by atoms with van der Waals surface area (Å²) in [6.07, 6.45) is 4.94. The first-order valence-corrected chi connectivity index (χ1v) is 11.8. The highest BCUT2D eigenvalue weighted by atomic mass is 32.2. The molecule has 0 fully saturated rings. The molecule has 4 aromatic rings. The predicted molar refractivity (Wildman–Crippen MR) is 111 cm³/mol. The maximum Gasteiger partial charge on any atom is 0.268 e. The number of benzene rings is 2. The molecule has 0 atom stereocenters. The smallest absolute Gasteiger partial charge is 0.234 e. The first-order chi connectivity index (χ1) is 14.2. The Hall–Kier alpha value is -3.24. The molecule has 0 aliphatic carbocycles. The number of hydrogen-bond donors (Lipinski definition) is 0. The quantitative estimate of drug-likeness (QED) is 0.471. The van der Waals surface area contributed by atoms with E-state index < -0.39 is 20.0 Å². The molecule has 0 unspecified atom stereocenters. The van der Waals surface area contributed by atoms with E-state index in [1.165, 1.54) is 36.7 Å². The summed E-state index contributed by atoms with van der Waals surface area (Å²) in [4.78, 5) is 8.44. The predicted octanol–water partition coefficient (Wildman–Crippen LogP) is 2.84. The van der Waals surface area contributed by atoms with Crippen LogP contribution in [0.3, 0.4) is 0 Å². The van der Waals surface area contributed by atoms with Crippen LogP contribution in [0.1, 0.15) is 11.1 Å². The minimum absolute atomic E-state index is 0.129. The standard InChI is InChI=1S/C20H18N4O4S2/c1-15-3-7-17(8-4-15)29(25,26)23-11-19(21-13-23)20-12-24(14-22-20)30(27,28)18-9-5-16(2)6-10-18/h3-14H,1-2H3. The topological polar surface area (TPSA) is 104 Å². The van der Waals surface area contributed by atoms with Crippen molar-refractivity contribution in [3.05, 3.63) is 84.7 Å². The summed E-state index contributed by atoms with van der Waals surface area (Å²) >= 11 is 0. The van der Waals surface area contributed by atoms with Gasteiger partial charge in [-0.3, -0.25) is 0 Å². The zero-order chi connectivity index (χ0) is 21.5. The van der Waals surface area contributed by atoms with Gasteiger partial charge in [-0.25, -0.2) is 34.7 Å². The fourth-order valence-corrected chi connectivity index (χ4v) is 5.07. The molecule has 10 heteroatoms. The van der Waals surface area contributed by atoms with Gasteiger partial charge in [0.25, 0.3) is 20.0 Å². The average molecular weight is 443 g/mol. The van der Waals surface area contributed by atoms with Crippen molar-refractivity contribution >= 4 is 20.0 Å². The Morgan fingerprint density at radius 1 is 0.600 bits per heavy atom. The molecule has 2 aromatic carbocycles. The average Bonchev–Trinajstić information content (AvgIpc) is 3.39. The molecule has 2 heterocycles. The van der Waals surface area contributed by atoms with Gasteiger partial charge in [0, 0.05) is 0 Å². The van der Waals surface area contributed by atoms with Crippen LogP contribution >= 0.6 is 0 Å². The lowest BCUT2D eigenvalue weighted by Gasteiger charge is -2.05. The van der Waals surface area contributed by atoms with E-state index in [0.29, 0.717) is 0 Å². The molecule has 4 rings (SSSR count). The van der Waals surface area contributed by atoms with E-state index >= 15 is 0 Å². The second-order valence-corrected chi connectivity index (χ2v) is 10.5. The Morgan fingerprint density at radius 2 is 0.933 bits per heavy atom. The van der Waals surface area contributed by atoms with Gasteiger partial charge >= 0.3 is 0 Å². The molecule has 0 bridgehead atoms. The third kappa shape index (κ3) is 3.55. The highest BCUT2D eigenvalue weighted by Crippen LogP contribution is 2.21. The van der Waals surface area contributed by atoms with E-state index in [2.05, 4.69) is 9.97 Å². The third-order valence-corrected chi connectivity index (χ3v) is 7.82. The summed E-state index contributed by atoms with van der Waals surface area (Å²) in [6, 6.07) is 12.9. The van der Waals surface area contributed by atoms with Crippen LogP contribution in [0, 0.1) is 13.8 Å². The van der Waals surface area contributed by atoms with Crippen LogP contribution in [-0.2, 0) is 20.0 Å². The highest BCUT2D eigenvalue weighted by molar-refractivity contribution is 7.90. The van der Waals surface area contributed by atoms with Gasteiger partial charge in [-0.1, -0.05) is 35.4 Å². The van der Waals surface area contributed by atoms with Gasteiger partial charge in [-0.15, -0.1) is 0 Å². The molecule has 154 valence electrons. The van der Waals surface area contributed by atoms with Crippen LogP contribution in [0.5, 0.6) is 0 Å². The van der Waals surface area contributed by atoms with E-state index in [0.717, 1.165) is 31.7 Å². The summed E-state index contributed by atoms with van der Waals surface area (Å²) < 4.78 is 53.0. The first kappa shape index (κ1) is 20.0. The molecule has 30 heavy (non-hydrogen) atoms. The van der Waals surface area contributed by atoms with E-state index in [9.17, 15) is 16.8 Å². The highest BCUT2D eigenvalue weighted by Gasteiger charge is 2.21. The second-order valence-electron chi connectivity index (χ2n) is 6.81. The number of hydrogen-bond acceptors (Lipinski definition) is 6. The molecule has 0 aliphatic rings. The summed E-state index contributed by atoms with van der Waals surface area (Å²) in [5.74, 6) is 0. The second kappa shape index (κ2) is 7.22. The fourth-order valence-electron chi connectivity index (χ4n) is 2.80. The molecule has 0 amide bonds. The molecule has 2 aromatic heterocycles. The molecular weight excluding hydrogens is 424 g/mol. The minimum atomic E-state index is -3.81. The maximum absolute atomic E-state index is 12.8. The molecule has 0 aliphatic heterocycles. The Balaban J connectivity index is 1.66. The third-order valence-electron chi connectivity index (χ3n) is 4.58. The van der Waals surface area contributed by atoms with Gasteiger partial charge in [-0.2, -0.15) is 0 Å². The van der Waals surface area contributed by atoms with Crippen molar-refractivity contribution in [3.63, 3.8) is 0 Å². The maximum atomic E-state index is 12.8. The number of imidazole rings is 2. The number of aryl methyl sites for hydroxylation is 2. The fraction of sp³-hybridized carbons (Fsp3) is 0.100. The zero-order valence-electron chi connectivity index (χ0n) is 16.2.